The predicted molar refractivity (Wildman–Crippen MR) is 119 cm³/mol. The summed E-state index contributed by atoms with van der Waals surface area (Å²) in [5.41, 5.74) is 1.78. The van der Waals surface area contributed by atoms with Crippen molar-refractivity contribution in [2.24, 2.45) is 0 Å². The average molecular weight is 434 g/mol. The van der Waals surface area contributed by atoms with E-state index in [2.05, 4.69) is 0 Å². The number of ether oxygens (including phenoxy) is 2. The minimum absolute atomic E-state index is 0.0357. The molecule has 146 valence electrons. The fraction of sp³-hybridized carbons (Fsp3) is 0.238. The summed E-state index contributed by atoms with van der Waals surface area (Å²) >= 11 is 13.1. The summed E-state index contributed by atoms with van der Waals surface area (Å²) in [6.45, 7) is 4.29. The van der Waals surface area contributed by atoms with Gasteiger partial charge >= 0.3 is 0 Å². The first-order valence-corrected chi connectivity index (χ1v) is 10.3. The summed E-state index contributed by atoms with van der Waals surface area (Å²) in [6, 6.07) is 13.3. The lowest BCUT2D eigenvalue weighted by molar-refractivity contribution is -0.122. The van der Waals surface area contributed by atoms with E-state index >= 15 is 0 Å². The fourth-order valence-electron chi connectivity index (χ4n) is 2.73. The van der Waals surface area contributed by atoms with Crippen molar-refractivity contribution in [2.75, 3.05) is 7.11 Å². The topological polar surface area (TPSA) is 38.8 Å². The number of benzene rings is 2. The molecule has 4 nitrogen and oxygen atoms in total. The van der Waals surface area contributed by atoms with Crippen LogP contribution in [0.1, 0.15) is 25.0 Å². The largest absolute Gasteiger partial charge is 0.493 e. The number of carbonyl (C=O) groups is 1. The van der Waals surface area contributed by atoms with Crippen LogP contribution in [0.4, 0.5) is 0 Å². The molecular formula is C21H20ClNO3S2. The summed E-state index contributed by atoms with van der Waals surface area (Å²) in [5, 5.41) is 0.430. The van der Waals surface area contributed by atoms with Gasteiger partial charge in [0.25, 0.3) is 5.91 Å². The quantitative estimate of drug-likeness (QED) is 0.442. The molecule has 1 aliphatic rings. The highest BCUT2D eigenvalue weighted by Crippen LogP contribution is 2.39. The molecule has 28 heavy (non-hydrogen) atoms. The normalized spacial score (nSPS) is 15.6. The molecule has 2 aromatic carbocycles. The number of carbonyl (C=O) groups excluding carboxylic acids is 1. The van der Waals surface area contributed by atoms with Crippen molar-refractivity contribution >= 4 is 51.9 Å². The first-order valence-electron chi connectivity index (χ1n) is 8.72. The molecule has 7 heteroatoms. The van der Waals surface area contributed by atoms with Gasteiger partial charge in [0.15, 0.2) is 11.5 Å². The smallest absolute Gasteiger partial charge is 0.266 e. The molecule has 1 amide bonds. The van der Waals surface area contributed by atoms with Crippen molar-refractivity contribution in [3.63, 3.8) is 0 Å². The number of amides is 1. The minimum Gasteiger partial charge on any atom is -0.493 e. The van der Waals surface area contributed by atoms with E-state index in [0.29, 0.717) is 32.3 Å². The van der Waals surface area contributed by atoms with Gasteiger partial charge in [-0.05, 0) is 43.2 Å². The zero-order valence-corrected chi connectivity index (χ0v) is 18.2. The van der Waals surface area contributed by atoms with Crippen LogP contribution < -0.4 is 9.47 Å². The number of methoxy groups -OCH3 is 1. The molecule has 0 N–H and O–H groups in total. The maximum absolute atomic E-state index is 12.8. The Morgan fingerprint density at radius 1 is 1.25 bits per heavy atom. The Kier molecular flexibility index (Phi) is 6.65. The minimum atomic E-state index is -0.114. The van der Waals surface area contributed by atoms with Gasteiger partial charge in [0.05, 0.1) is 29.7 Å². The molecule has 2 aromatic rings. The Morgan fingerprint density at radius 3 is 2.61 bits per heavy atom. The summed E-state index contributed by atoms with van der Waals surface area (Å²) in [6.07, 6.45) is 1.74. The molecule has 3 rings (SSSR count). The van der Waals surface area contributed by atoms with Crippen LogP contribution in [0.2, 0.25) is 5.02 Å². The molecule has 1 saturated heterocycles. The van der Waals surface area contributed by atoms with Crippen LogP contribution in [0.15, 0.2) is 47.4 Å². The lowest BCUT2D eigenvalue weighted by Crippen LogP contribution is -2.27. The second-order valence-corrected chi connectivity index (χ2v) is 8.54. The van der Waals surface area contributed by atoms with Crippen LogP contribution in [-0.4, -0.2) is 28.3 Å². The zero-order chi connectivity index (χ0) is 20.3. The van der Waals surface area contributed by atoms with Crippen molar-refractivity contribution in [1.29, 1.82) is 0 Å². The van der Waals surface area contributed by atoms with Crippen molar-refractivity contribution < 1.29 is 14.3 Å². The number of hydrogen-bond acceptors (Lipinski definition) is 5. The second kappa shape index (κ2) is 8.99. The summed E-state index contributed by atoms with van der Waals surface area (Å²) in [5.74, 6) is 0.900. The maximum atomic E-state index is 12.8. The van der Waals surface area contributed by atoms with Gasteiger partial charge in [-0.2, -0.15) is 0 Å². The Morgan fingerprint density at radius 2 is 1.96 bits per heavy atom. The Labute approximate surface area is 179 Å². The molecule has 0 aliphatic carbocycles. The number of rotatable bonds is 6. The van der Waals surface area contributed by atoms with Gasteiger partial charge in [-0.1, -0.05) is 65.9 Å². The number of thiocarbonyl (C=S) groups is 1. The van der Waals surface area contributed by atoms with Gasteiger partial charge in [-0.3, -0.25) is 9.69 Å². The summed E-state index contributed by atoms with van der Waals surface area (Å²) in [4.78, 5) is 15.0. The summed E-state index contributed by atoms with van der Waals surface area (Å²) in [7, 11) is 1.56. The van der Waals surface area contributed by atoms with Crippen molar-refractivity contribution in [3.8, 4) is 11.5 Å². The van der Waals surface area contributed by atoms with E-state index < -0.39 is 0 Å². The van der Waals surface area contributed by atoms with Gasteiger partial charge in [0.1, 0.15) is 4.32 Å². The molecule has 0 spiro atoms. The zero-order valence-electron chi connectivity index (χ0n) is 15.8. The third-order valence-corrected chi connectivity index (χ3v) is 5.62. The van der Waals surface area contributed by atoms with Crippen molar-refractivity contribution in [3.05, 3.63) is 63.5 Å². The lowest BCUT2D eigenvalue weighted by Gasteiger charge is -2.16. The number of hydrogen-bond donors (Lipinski definition) is 0. The van der Waals surface area contributed by atoms with Crippen LogP contribution in [0.3, 0.4) is 0 Å². The van der Waals surface area contributed by atoms with Crippen LogP contribution in [0, 0.1) is 0 Å². The van der Waals surface area contributed by atoms with E-state index in [-0.39, 0.29) is 12.0 Å². The highest BCUT2D eigenvalue weighted by Gasteiger charge is 2.32. The third kappa shape index (κ3) is 4.69. The maximum Gasteiger partial charge on any atom is 0.266 e. The van der Waals surface area contributed by atoms with E-state index in [1.165, 1.54) is 11.8 Å². The Balaban J connectivity index is 1.86. The first-order chi connectivity index (χ1) is 13.4. The monoisotopic (exact) mass is 433 g/mol. The molecule has 0 atom stereocenters. The molecule has 0 unspecified atom stereocenters. The second-order valence-electron chi connectivity index (χ2n) is 6.45. The van der Waals surface area contributed by atoms with Crippen LogP contribution in [-0.2, 0) is 11.3 Å². The molecule has 0 aromatic heterocycles. The molecule has 0 bridgehead atoms. The molecule has 0 saturated carbocycles. The van der Waals surface area contributed by atoms with Crippen LogP contribution in [0.5, 0.6) is 11.5 Å². The lowest BCUT2D eigenvalue weighted by atomic mass is 10.1. The first kappa shape index (κ1) is 20.7. The van der Waals surface area contributed by atoms with Crippen LogP contribution >= 0.6 is 35.6 Å². The molecule has 1 aliphatic heterocycles. The number of halogens is 1. The molecule has 0 radical (unpaired) electrons. The van der Waals surface area contributed by atoms with Crippen molar-refractivity contribution in [1.82, 2.24) is 4.90 Å². The van der Waals surface area contributed by atoms with Gasteiger partial charge in [0, 0.05) is 0 Å². The predicted octanol–water partition coefficient (Wildman–Crippen LogP) is 5.54. The van der Waals surface area contributed by atoms with Crippen LogP contribution in [0.25, 0.3) is 6.08 Å². The Bertz CT molecular complexity index is 929. The molecule has 1 heterocycles. The standard InChI is InChI=1S/C21H20ClNO3S2/c1-13(2)26-19-16(22)9-15(10-17(19)25-3)11-18-20(24)23(21(27)28-18)12-14-7-5-4-6-8-14/h4-11,13H,12H2,1-3H3/b18-11+. The van der Waals surface area contributed by atoms with E-state index in [1.54, 1.807) is 30.2 Å². The van der Waals surface area contributed by atoms with Gasteiger partial charge in [-0.25, -0.2) is 0 Å². The number of thioether (sulfide) groups is 1. The fourth-order valence-corrected chi connectivity index (χ4v) is 4.25. The molecule has 1 fully saturated rings. The van der Waals surface area contributed by atoms with E-state index in [9.17, 15) is 4.79 Å². The van der Waals surface area contributed by atoms with Crippen molar-refractivity contribution in [2.45, 2.75) is 26.5 Å². The van der Waals surface area contributed by atoms with Gasteiger partial charge in [0.2, 0.25) is 0 Å². The third-order valence-electron chi connectivity index (χ3n) is 3.96. The average Bonchev–Trinajstić information content (AvgIpc) is 2.91. The highest BCUT2D eigenvalue weighted by molar-refractivity contribution is 8.26. The molecular weight excluding hydrogens is 414 g/mol. The Hall–Kier alpha value is -2.02. The highest BCUT2D eigenvalue weighted by atomic mass is 35.5. The van der Waals surface area contributed by atoms with E-state index in [1.807, 2.05) is 44.2 Å². The number of nitrogens with zero attached hydrogens (tertiary/aromatic N) is 1. The van der Waals surface area contributed by atoms with E-state index in [0.717, 1.165) is 11.1 Å². The summed E-state index contributed by atoms with van der Waals surface area (Å²) < 4.78 is 11.7. The van der Waals surface area contributed by atoms with Gasteiger partial charge < -0.3 is 9.47 Å². The SMILES string of the molecule is COc1cc(/C=C2/SC(=S)N(Cc3ccccc3)C2=O)cc(Cl)c1OC(C)C. The van der Waals surface area contributed by atoms with E-state index in [4.69, 9.17) is 33.3 Å². The van der Waals surface area contributed by atoms with Gasteiger partial charge in [-0.15, -0.1) is 0 Å².